The summed E-state index contributed by atoms with van der Waals surface area (Å²) >= 11 is 12.9. The van der Waals surface area contributed by atoms with Crippen LogP contribution in [0.2, 0.25) is 10.4 Å². The lowest BCUT2D eigenvalue weighted by Crippen LogP contribution is -2.14. The summed E-state index contributed by atoms with van der Waals surface area (Å²) in [7, 11) is 4.01. The number of aromatic nitrogens is 3. The molecule has 0 amide bonds. The summed E-state index contributed by atoms with van der Waals surface area (Å²) in [5, 5.41) is 8.26. The number of rotatable bonds is 4. The Hall–Kier alpha value is -0.100. The molecule has 14 heavy (non-hydrogen) atoms. The summed E-state index contributed by atoms with van der Waals surface area (Å²) in [5.74, 6) is 0.891. The second-order valence-corrected chi connectivity index (χ2v) is 4.61. The minimum Gasteiger partial charge on any atom is -0.309 e. The average molecular weight is 253 g/mol. The van der Waals surface area contributed by atoms with Crippen molar-refractivity contribution >= 4 is 35.0 Å². The highest BCUT2D eigenvalue weighted by atomic mass is 35.5. The molecule has 0 saturated carbocycles. The Balaban J connectivity index is 2.53. The zero-order valence-corrected chi connectivity index (χ0v) is 10.2. The standard InChI is InChI=1S/C7H10Cl2N4S/c1-13(2)3-4-14-6-5(8)11-12-7(9)10-6/h3-4H2,1-2H3. The summed E-state index contributed by atoms with van der Waals surface area (Å²) in [5.41, 5.74) is 0. The summed E-state index contributed by atoms with van der Waals surface area (Å²) in [6, 6.07) is 0. The molecule has 0 radical (unpaired) electrons. The van der Waals surface area contributed by atoms with Gasteiger partial charge in [-0.25, -0.2) is 4.98 Å². The number of halogens is 2. The molecule has 1 aromatic heterocycles. The normalized spacial score (nSPS) is 10.9. The van der Waals surface area contributed by atoms with Gasteiger partial charge < -0.3 is 4.90 Å². The number of hydrogen-bond donors (Lipinski definition) is 0. The lowest BCUT2D eigenvalue weighted by atomic mass is 10.7. The maximum atomic E-state index is 5.78. The number of nitrogens with zero attached hydrogens (tertiary/aromatic N) is 4. The summed E-state index contributed by atoms with van der Waals surface area (Å²) in [4.78, 5) is 6.05. The first-order valence-corrected chi connectivity index (χ1v) is 5.67. The molecule has 78 valence electrons. The van der Waals surface area contributed by atoms with Gasteiger partial charge in [0, 0.05) is 12.3 Å². The molecule has 1 heterocycles. The fourth-order valence-electron chi connectivity index (χ4n) is 0.697. The molecule has 0 aliphatic heterocycles. The second-order valence-electron chi connectivity index (χ2n) is 2.83. The molecule has 0 fully saturated rings. The fourth-order valence-corrected chi connectivity index (χ4v) is 2.07. The van der Waals surface area contributed by atoms with E-state index in [-0.39, 0.29) is 5.28 Å². The Morgan fingerprint density at radius 2 is 2.00 bits per heavy atom. The van der Waals surface area contributed by atoms with Crippen molar-refractivity contribution in [2.24, 2.45) is 0 Å². The van der Waals surface area contributed by atoms with Crippen molar-refractivity contribution in [1.29, 1.82) is 0 Å². The van der Waals surface area contributed by atoms with Crippen LogP contribution in [-0.4, -0.2) is 46.5 Å². The van der Waals surface area contributed by atoms with Gasteiger partial charge in [0.05, 0.1) is 0 Å². The van der Waals surface area contributed by atoms with Crippen molar-refractivity contribution in [1.82, 2.24) is 20.1 Å². The third-order valence-corrected chi connectivity index (χ3v) is 2.84. The van der Waals surface area contributed by atoms with E-state index in [4.69, 9.17) is 23.2 Å². The van der Waals surface area contributed by atoms with Crippen LogP contribution in [0.15, 0.2) is 5.03 Å². The van der Waals surface area contributed by atoms with Crippen LogP contribution in [0.25, 0.3) is 0 Å². The molecule has 0 N–H and O–H groups in total. The first kappa shape index (κ1) is 12.0. The van der Waals surface area contributed by atoms with Crippen molar-refractivity contribution in [3.63, 3.8) is 0 Å². The topological polar surface area (TPSA) is 41.9 Å². The van der Waals surface area contributed by atoms with Gasteiger partial charge in [-0.05, 0) is 25.7 Å². The quantitative estimate of drug-likeness (QED) is 0.766. The molecule has 1 aromatic rings. The molecular weight excluding hydrogens is 243 g/mol. The van der Waals surface area contributed by atoms with E-state index in [0.717, 1.165) is 12.3 Å². The van der Waals surface area contributed by atoms with Crippen LogP contribution >= 0.6 is 35.0 Å². The minimum absolute atomic E-state index is 0.127. The largest absolute Gasteiger partial charge is 0.309 e. The zero-order chi connectivity index (χ0) is 10.6. The molecule has 0 aliphatic carbocycles. The van der Waals surface area contributed by atoms with Gasteiger partial charge >= 0.3 is 0 Å². The van der Waals surface area contributed by atoms with Gasteiger partial charge in [0.1, 0.15) is 5.03 Å². The van der Waals surface area contributed by atoms with Gasteiger partial charge in [-0.1, -0.05) is 11.6 Å². The highest BCUT2D eigenvalue weighted by molar-refractivity contribution is 7.99. The SMILES string of the molecule is CN(C)CCSc1nc(Cl)nnc1Cl. The Morgan fingerprint density at radius 3 is 2.64 bits per heavy atom. The molecule has 0 aliphatic rings. The lowest BCUT2D eigenvalue weighted by Gasteiger charge is -2.08. The van der Waals surface area contributed by atoms with Crippen molar-refractivity contribution < 1.29 is 0 Å². The first-order chi connectivity index (χ1) is 6.59. The molecule has 4 nitrogen and oxygen atoms in total. The number of hydrogen-bond acceptors (Lipinski definition) is 5. The Kier molecular flexibility index (Phi) is 4.88. The third-order valence-electron chi connectivity index (χ3n) is 1.37. The predicted octanol–water partition coefficient (Wildman–Crippen LogP) is 1.83. The Morgan fingerprint density at radius 1 is 1.29 bits per heavy atom. The van der Waals surface area contributed by atoms with Crippen LogP contribution in [0.5, 0.6) is 0 Å². The fraction of sp³-hybridized carbons (Fsp3) is 0.571. The van der Waals surface area contributed by atoms with Crippen molar-refractivity contribution in [2.75, 3.05) is 26.4 Å². The van der Waals surface area contributed by atoms with E-state index in [1.165, 1.54) is 11.8 Å². The lowest BCUT2D eigenvalue weighted by molar-refractivity contribution is 0.437. The monoisotopic (exact) mass is 252 g/mol. The molecule has 0 aromatic carbocycles. The van der Waals surface area contributed by atoms with Crippen LogP contribution in [0.3, 0.4) is 0 Å². The van der Waals surface area contributed by atoms with Gasteiger partial charge in [-0.15, -0.1) is 22.0 Å². The molecule has 0 saturated heterocycles. The molecular formula is C7H10Cl2N4S. The summed E-state index contributed by atoms with van der Waals surface area (Å²) in [6.45, 7) is 0.947. The third kappa shape index (κ3) is 3.96. The van der Waals surface area contributed by atoms with E-state index < -0.39 is 0 Å². The van der Waals surface area contributed by atoms with Crippen LogP contribution in [-0.2, 0) is 0 Å². The van der Waals surface area contributed by atoms with E-state index in [2.05, 4.69) is 20.1 Å². The van der Waals surface area contributed by atoms with E-state index >= 15 is 0 Å². The zero-order valence-electron chi connectivity index (χ0n) is 7.87. The van der Waals surface area contributed by atoms with Crippen LogP contribution in [0, 0.1) is 0 Å². The van der Waals surface area contributed by atoms with Gasteiger partial charge in [0.25, 0.3) is 0 Å². The second kappa shape index (κ2) is 5.70. The molecule has 0 unspecified atom stereocenters. The molecule has 0 bridgehead atoms. The van der Waals surface area contributed by atoms with Gasteiger partial charge in [0.2, 0.25) is 5.28 Å². The van der Waals surface area contributed by atoms with Crippen molar-refractivity contribution in [3.8, 4) is 0 Å². The Bertz CT molecular complexity index is 308. The highest BCUT2D eigenvalue weighted by Crippen LogP contribution is 2.22. The van der Waals surface area contributed by atoms with E-state index in [1.54, 1.807) is 0 Å². The highest BCUT2D eigenvalue weighted by Gasteiger charge is 2.06. The molecule has 1 rings (SSSR count). The molecule has 0 spiro atoms. The summed E-state index contributed by atoms with van der Waals surface area (Å²) in [6.07, 6.45) is 0. The molecule has 7 heteroatoms. The maximum Gasteiger partial charge on any atom is 0.244 e. The van der Waals surface area contributed by atoms with Crippen LogP contribution < -0.4 is 0 Å². The molecule has 0 atom stereocenters. The Labute approximate surface area is 97.0 Å². The van der Waals surface area contributed by atoms with Crippen molar-refractivity contribution in [3.05, 3.63) is 10.4 Å². The average Bonchev–Trinajstić information content (AvgIpc) is 2.10. The minimum atomic E-state index is 0.127. The van der Waals surface area contributed by atoms with E-state index in [1.807, 2.05) is 14.1 Å². The van der Waals surface area contributed by atoms with Gasteiger partial charge in [-0.2, -0.15) is 0 Å². The first-order valence-electron chi connectivity index (χ1n) is 3.93. The van der Waals surface area contributed by atoms with E-state index in [9.17, 15) is 0 Å². The van der Waals surface area contributed by atoms with Crippen LogP contribution in [0.1, 0.15) is 0 Å². The maximum absolute atomic E-state index is 5.78. The number of thioether (sulfide) groups is 1. The summed E-state index contributed by atoms with van der Waals surface area (Å²) < 4.78 is 0. The predicted molar refractivity (Wildman–Crippen MR) is 59.1 cm³/mol. The van der Waals surface area contributed by atoms with Gasteiger partial charge in [-0.3, -0.25) is 0 Å². The van der Waals surface area contributed by atoms with Crippen molar-refractivity contribution in [2.45, 2.75) is 5.03 Å². The van der Waals surface area contributed by atoms with E-state index in [0.29, 0.717) is 10.2 Å². The van der Waals surface area contributed by atoms with Crippen LogP contribution in [0.4, 0.5) is 0 Å². The smallest absolute Gasteiger partial charge is 0.244 e. The van der Waals surface area contributed by atoms with Gasteiger partial charge in [0.15, 0.2) is 5.15 Å².